The fraction of sp³-hybridized carbons (Fsp3) is 0.0526. The molecule has 0 spiro atoms. The fourth-order valence-electron chi connectivity index (χ4n) is 2.70. The minimum atomic E-state index is 0.728. The Balaban J connectivity index is 1.85. The zero-order chi connectivity index (χ0) is 14.8. The number of fused-ring (bicyclic) bond motifs is 1. The maximum absolute atomic E-state index is 4.55. The summed E-state index contributed by atoms with van der Waals surface area (Å²) in [7, 11) is 0. The molecule has 0 saturated heterocycles. The van der Waals surface area contributed by atoms with Crippen molar-refractivity contribution in [1.82, 2.24) is 4.57 Å². The van der Waals surface area contributed by atoms with Crippen molar-refractivity contribution in [3.8, 4) is 0 Å². The molecule has 0 saturated carbocycles. The third-order valence-corrected chi connectivity index (χ3v) is 3.82. The van der Waals surface area contributed by atoms with E-state index in [1.807, 2.05) is 36.4 Å². The summed E-state index contributed by atoms with van der Waals surface area (Å²) in [6, 6.07) is 24.6. The summed E-state index contributed by atoms with van der Waals surface area (Å²) in [5.41, 5.74) is 5.18. The zero-order valence-electron chi connectivity index (χ0n) is 12.1. The third-order valence-electron chi connectivity index (χ3n) is 3.82. The molecule has 3 aromatic rings. The van der Waals surface area contributed by atoms with Crippen molar-refractivity contribution in [3.63, 3.8) is 0 Å². The van der Waals surface area contributed by atoms with Crippen LogP contribution in [0.4, 0.5) is 0 Å². The Bertz CT molecular complexity index is 843. The molecule has 3 nitrogen and oxygen atoms in total. The average Bonchev–Trinajstić information content (AvgIpc) is 2.96. The first kappa shape index (κ1) is 12.8. The van der Waals surface area contributed by atoms with E-state index in [-0.39, 0.29) is 0 Å². The molecule has 0 amide bonds. The van der Waals surface area contributed by atoms with Gasteiger partial charge in [-0.1, -0.05) is 60.7 Å². The standard InChI is InChI=1S/C19H15N3/c1-3-8-15(9-4-1)17-14-22-13-7-12-18(22)19(21-20-17)16-10-5-2-6-11-16/h1-13H,14H2. The van der Waals surface area contributed by atoms with Crippen molar-refractivity contribution in [2.24, 2.45) is 10.2 Å². The van der Waals surface area contributed by atoms with Gasteiger partial charge < -0.3 is 4.57 Å². The molecule has 0 fully saturated rings. The van der Waals surface area contributed by atoms with Crippen LogP contribution in [0.3, 0.4) is 0 Å². The average molecular weight is 285 g/mol. The first-order valence-corrected chi connectivity index (χ1v) is 7.33. The van der Waals surface area contributed by atoms with Gasteiger partial charge in [0, 0.05) is 11.8 Å². The number of hydrogen-bond acceptors (Lipinski definition) is 2. The first-order chi connectivity index (χ1) is 10.9. The van der Waals surface area contributed by atoms with Gasteiger partial charge in [-0.3, -0.25) is 0 Å². The van der Waals surface area contributed by atoms with Gasteiger partial charge in [-0.25, -0.2) is 0 Å². The maximum atomic E-state index is 4.55. The van der Waals surface area contributed by atoms with E-state index in [4.69, 9.17) is 0 Å². The topological polar surface area (TPSA) is 29.6 Å². The highest BCUT2D eigenvalue weighted by atomic mass is 15.2. The van der Waals surface area contributed by atoms with Crippen LogP contribution in [-0.4, -0.2) is 16.0 Å². The molecule has 0 unspecified atom stereocenters. The van der Waals surface area contributed by atoms with Gasteiger partial charge in [0.1, 0.15) is 5.71 Å². The second kappa shape index (κ2) is 5.45. The quantitative estimate of drug-likeness (QED) is 0.686. The molecule has 0 radical (unpaired) electrons. The number of aromatic nitrogens is 1. The molecule has 2 heterocycles. The van der Waals surface area contributed by atoms with Gasteiger partial charge in [0.25, 0.3) is 0 Å². The van der Waals surface area contributed by atoms with E-state index < -0.39 is 0 Å². The second-order valence-electron chi connectivity index (χ2n) is 5.25. The lowest BCUT2D eigenvalue weighted by Crippen LogP contribution is -2.13. The first-order valence-electron chi connectivity index (χ1n) is 7.33. The lowest BCUT2D eigenvalue weighted by Gasteiger charge is -2.08. The highest BCUT2D eigenvalue weighted by molar-refractivity contribution is 6.13. The summed E-state index contributed by atoms with van der Waals surface area (Å²) in [5, 5.41) is 9.07. The molecule has 106 valence electrons. The van der Waals surface area contributed by atoms with Crippen molar-refractivity contribution in [2.45, 2.75) is 6.54 Å². The summed E-state index contributed by atoms with van der Waals surface area (Å²) in [5.74, 6) is 0. The normalized spacial score (nSPS) is 13.8. The third kappa shape index (κ3) is 2.27. The SMILES string of the molecule is c1ccc(C2=NN=C(c3ccccc3)c3cccn3C2)cc1. The Morgan fingerprint density at radius 2 is 1.36 bits per heavy atom. The molecular weight excluding hydrogens is 270 g/mol. The lowest BCUT2D eigenvalue weighted by molar-refractivity contribution is 0.856. The maximum Gasteiger partial charge on any atom is 0.117 e. The van der Waals surface area contributed by atoms with E-state index in [0.717, 1.165) is 34.8 Å². The van der Waals surface area contributed by atoms with E-state index >= 15 is 0 Å². The highest BCUT2D eigenvalue weighted by Gasteiger charge is 2.16. The van der Waals surface area contributed by atoms with Crippen molar-refractivity contribution in [3.05, 3.63) is 95.8 Å². The van der Waals surface area contributed by atoms with E-state index in [0.29, 0.717) is 0 Å². The largest absolute Gasteiger partial charge is 0.340 e. The summed E-state index contributed by atoms with van der Waals surface area (Å²) in [6.45, 7) is 0.728. The van der Waals surface area contributed by atoms with E-state index in [2.05, 4.69) is 57.4 Å². The summed E-state index contributed by atoms with van der Waals surface area (Å²) in [6.07, 6.45) is 2.08. The lowest BCUT2D eigenvalue weighted by atomic mass is 10.1. The fourth-order valence-corrected chi connectivity index (χ4v) is 2.70. The Labute approximate surface area is 129 Å². The Morgan fingerprint density at radius 3 is 2.09 bits per heavy atom. The summed E-state index contributed by atoms with van der Waals surface area (Å²) < 4.78 is 2.20. The molecule has 0 atom stereocenters. The molecule has 3 heteroatoms. The molecule has 0 aliphatic carbocycles. The smallest absolute Gasteiger partial charge is 0.117 e. The van der Waals surface area contributed by atoms with Gasteiger partial charge in [0.2, 0.25) is 0 Å². The molecule has 22 heavy (non-hydrogen) atoms. The minimum absolute atomic E-state index is 0.728. The molecule has 0 bridgehead atoms. The van der Waals surface area contributed by atoms with Gasteiger partial charge >= 0.3 is 0 Å². The predicted molar refractivity (Wildman–Crippen MR) is 89.5 cm³/mol. The molecular formula is C19H15N3. The minimum Gasteiger partial charge on any atom is -0.340 e. The van der Waals surface area contributed by atoms with Crippen LogP contribution in [0.2, 0.25) is 0 Å². The van der Waals surface area contributed by atoms with Crippen molar-refractivity contribution in [2.75, 3.05) is 0 Å². The van der Waals surface area contributed by atoms with E-state index in [1.165, 1.54) is 0 Å². The molecule has 0 N–H and O–H groups in total. The molecule has 2 aromatic carbocycles. The van der Waals surface area contributed by atoms with Crippen LogP contribution in [0.1, 0.15) is 16.8 Å². The van der Waals surface area contributed by atoms with Gasteiger partial charge in [-0.15, -0.1) is 5.10 Å². The predicted octanol–water partition coefficient (Wildman–Crippen LogP) is 3.74. The Morgan fingerprint density at radius 1 is 0.682 bits per heavy atom. The molecule has 1 aliphatic rings. The van der Waals surface area contributed by atoms with Gasteiger partial charge in [-0.05, 0) is 17.7 Å². The van der Waals surface area contributed by atoms with Crippen molar-refractivity contribution >= 4 is 11.4 Å². The van der Waals surface area contributed by atoms with Crippen LogP contribution in [0.5, 0.6) is 0 Å². The number of hydrogen-bond donors (Lipinski definition) is 0. The Hall–Kier alpha value is -2.94. The Kier molecular flexibility index (Phi) is 3.16. The van der Waals surface area contributed by atoms with Crippen LogP contribution < -0.4 is 0 Å². The summed E-state index contributed by atoms with van der Waals surface area (Å²) >= 11 is 0. The van der Waals surface area contributed by atoms with Crippen LogP contribution in [0, 0.1) is 0 Å². The van der Waals surface area contributed by atoms with Gasteiger partial charge in [-0.2, -0.15) is 5.10 Å². The van der Waals surface area contributed by atoms with E-state index in [9.17, 15) is 0 Å². The number of nitrogens with zero attached hydrogens (tertiary/aromatic N) is 3. The number of rotatable bonds is 2. The van der Waals surface area contributed by atoms with Gasteiger partial charge in [0.15, 0.2) is 0 Å². The van der Waals surface area contributed by atoms with Gasteiger partial charge in [0.05, 0.1) is 18.0 Å². The molecule has 1 aliphatic heterocycles. The highest BCUT2D eigenvalue weighted by Crippen LogP contribution is 2.17. The second-order valence-corrected chi connectivity index (χ2v) is 5.25. The monoisotopic (exact) mass is 285 g/mol. The van der Waals surface area contributed by atoms with Crippen LogP contribution in [0.25, 0.3) is 0 Å². The summed E-state index contributed by atoms with van der Waals surface area (Å²) in [4.78, 5) is 0. The van der Waals surface area contributed by atoms with E-state index in [1.54, 1.807) is 0 Å². The van der Waals surface area contributed by atoms with Crippen LogP contribution in [-0.2, 0) is 6.54 Å². The van der Waals surface area contributed by atoms with Crippen molar-refractivity contribution in [1.29, 1.82) is 0 Å². The molecule has 1 aromatic heterocycles. The zero-order valence-corrected chi connectivity index (χ0v) is 12.1. The van der Waals surface area contributed by atoms with Crippen LogP contribution >= 0.6 is 0 Å². The number of benzene rings is 2. The van der Waals surface area contributed by atoms with Crippen LogP contribution in [0.15, 0.2) is 89.2 Å². The van der Waals surface area contributed by atoms with Crippen molar-refractivity contribution < 1.29 is 0 Å². The molecule has 4 rings (SSSR count).